The van der Waals surface area contributed by atoms with Crippen molar-refractivity contribution in [1.82, 2.24) is 5.32 Å². The SMILES string of the molecule is COCC(NC(=O)C1C2C3CCC(C3)C12)C(=O)O. The minimum absolute atomic E-state index is 0.0238. The first-order valence-electron chi connectivity index (χ1n) is 6.65. The molecule has 5 nitrogen and oxygen atoms in total. The Kier molecular flexibility index (Phi) is 2.81. The number of hydrogen-bond donors (Lipinski definition) is 2. The van der Waals surface area contributed by atoms with Crippen molar-refractivity contribution in [3.8, 4) is 0 Å². The third-order valence-electron chi connectivity index (χ3n) is 4.99. The smallest absolute Gasteiger partial charge is 0.328 e. The van der Waals surface area contributed by atoms with Crippen LogP contribution in [0.4, 0.5) is 0 Å². The van der Waals surface area contributed by atoms with Crippen LogP contribution in [-0.2, 0) is 14.3 Å². The Hall–Kier alpha value is -1.10. The van der Waals surface area contributed by atoms with Gasteiger partial charge in [-0.2, -0.15) is 0 Å². The van der Waals surface area contributed by atoms with Gasteiger partial charge < -0.3 is 15.2 Å². The number of carboxylic acid groups (broad SMARTS) is 1. The predicted octanol–water partition coefficient (Wildman–Crippen LogP) is 0.494. The summed E-state index contributed by atoms with van der Waals surface area (Å²) in [5, 5.41) is 11.6. The zero-order valence-electron chi connectivity index (χ0n) is 10.5. The number of carbonyl (C=O) groups excluding carboxylic acids is 1. The Morgan fingerprint density at radius 3 is 2.44 bits per heavy atom. The highest BCUT2D eigenvalue weighted by Crippen LogP contribution is 2.69. The fourth-order valence-electron chi connectivity index (χ4n) is 4.28. The quantitative estimate of drug-likeness (QED) is 0.748. The van der Waals surface area contributed by atoms with Crippen LogP contribution in [0.5, 0.6) is 0 Å². The molecule has 0 spiro atoms. The summed E-state index contributed by atoms with van der Waals surface area (Å²) in [4.78, 5) is 23.1. The third-order valence-corrected chi connectivity index (χ3v) is 4.99. The fourth-order valence-corrected chi connectivity index (χ4v) is 4.28. The molecule has 2 N–H and O–H groups in total. The van der Waals surface area contributed by atoms with Crippen molar-refractivity contribution >= 4 is 11.9 Å². The van der Waals surface area contributed by atoms with Gasteiger partial charge in [-0.25, -0.2) is 4.79 Å². The lowest BCUT2D eigenvalue weighted by Gasteiger charge is -2.15. The summed E-state index contributed by atoms with van der Waals surface area (Å²) in [7, 11) is 1.44. The molecule has 0 saturated heterocycles. The van der Waals surface area contributed by atoms with Crippen LogP contribution in [0.1, 0.15) is 19.3 Å². The number of hydrogen-bond acceptors (Lipinski definition) is 3. The van der Waals surface area contributed by atoms with Crippen LogP contribution < -0.4 is 5.32 Å². The molecule has 3 fully saturated rings. The highest BCUT2D eigenvalue weighted by molar-refractivity contribution is 5.87. The van der Waals surface area contributed by atoms with E-state index < -0.39 is 12.0 Å². The molecule has 0 aromatic carbocycles. The van der Waals surface area contributed by atoms with Crippen molar-refractivity contribution in [3.63, 3.8) is 0 Å². The average Bonchev–Trinajstić information content (AvgIpc) is 2.78. The number of fused-ring (bicyclic) bond motifs is 5. The van der Waals surface area contributed by atoms with Gasteiger partial charge in [0.05, 0.1) is 6.61 Å². The normalized spacial score (nSPS) is 41.3. The highest BCUT2D eigenvalue weighted by Gasteiger charge is 2.67. The van der Waals surface area contributed by atoms with Crippen molar-refractivity contribution in [1.29, 1.82) is 0 Å². The lowest BCUT2D eigenvalue weighted by molar-refractivity contribution is -0.143. The first kappa shape index (κ1) is 12.0. The van der Waals surface area contributed by atoms with Crippen LogP contribution in [0.15, 0.2) is 0 Å². The maximum atomic E-state index is 12.1. The average molecular weight is 253 g/mol. The summed E-state index contributed by atoms with van der Waals surface area (Å²) in [5.74, 6) is 1.50. The Bertz CT molecular complexity index is 367. The van der Waals surface area contributed by atoms with Gasteiger partial charge in [0.25, 0.3) is 0 Å². The minimum atomic E-state index is -1.03. The molecule has 0 heterocycles. The zero-order valence-corrected chi connectivity index (χ0v) is 10.5. The number of aliphatic carboxylic acids is 1. The minimum Gasteiger partial charge on any atom is -0.480 e. The third kappa shape index (κ3) is 1.72. The van der Waals surface area contributed by atoms with Crippen molar-refractivity contribution in [2.75, 3.05) is 13.7 Å². The van der Waals surface area contributed by atoms with E-state index in [1.807, 2.05) is 0 Å². The first-order chi connectivity index (χ1) is 8.63. The van der Waals surface area contributed by atoms with E-state index in [1.54, 1.807) is 0 Å². The largest absolute Gasteiger partial charge is 0.480 e. The summed E-state index contributed by atoms with van der Waals surface area (Å²) >= 11 is 0. The van der Waals surface area contributed by atoms with Gasteiger partial charge in [-0.05, 0) is 42.9 Å². The number of nitrogens with one attached hydrogen (secondary N) is 1. The second kappa shape index (κ2) is 4.23. The maximum Gasteiger partial charge on any atom is 0.328 e. The molecule has 3 aliphatic rings. The van der Waals surface area contributed by atoms with Crippen molar-refractivity contribution in [2.45, 2.75) is 25.3 Å². The number of carboxylic acids is 1. The number of methoxy groups -OCH3 is 1. The van der Waals surface area contributed by atoms with Crippen molar-refractivity contribution < 1.29 is 19.4 Å². The molecule has 2 bridgehead atoms. The fraction of sp³-hybridized carbons (Fsp3) is 0.846. The number of rotatable bonds is 5. The Balaban J connectivity index is 1.58. The molecule has 3 saturated carbocycles. The lowest BCUT2D eigenvalue weighted by Crippen LogP contribution is -2.45. The molecule has 0 aromatic rings. The van der Waals surface area contributed by atoms with E-state index in [-0.39, 0.29) is 18.4 Å². The van der Waals surface area contributed by atoms with Gasteiger partial charge in [-0.3, -0.25) is 4.79 Å². The topological polar surface area (TPSA) is 75.6 Å². The van der Waals surface area contributed by atoms with Gasteiger partial charge in [-0.15, -0.1) is 0 Å². The van der Waals surface area contributed by atoms with Gasteiger partial charge in [-0.1, -0.05) is 0 Å². The van der Waals surface area contributed by atoms with Gasteiger partial charge >= 0.3 is 5.97 Å². The molecule has 5 atom stereocenters. The van der Waals surface area contributed by atoms with E-state index in [4.69, 9.17) is 9.84 Å². The van der Waals surface area contributed by atoms with Crippen LogP contribution in [0, 0.1) is 29.6 Å². The molecule has 0 radical (unpaired) electrons. The van der Waals surface area contributed by atoms with E-state index in [2.05, 4.69) is 5.32 Å². The van der Waals surface area contributed by atoms with Gasteiger partial charge in [0.1, 0.15) is 0 Å². The molecule has 3 aliphatic carbocycles. The molecular formula is C13H19NO4. The molecular weight excluding hydrogens is 234 g/mol. The summed E-state index contributed by atoms with van der Waals surface area (Å²) in [6.45, 7) is 0.0238. The van der Waals surface area contributed by atoms with Gasteiger partial charge in [0.2, 0.25) is 5.91 Å². The van der Waals surface area contributed by atoms with Crippen LogP contribution >= 0.6 is 0 Å². The molecule has 0 aromatic heterocycles. The predicted molar refractivity (Wildman–Crippen MR) is 62.7 cm³/mol. The van der Waals surface area contributed by atoms with Crippen LogP contribution in [-0.4, -0.2) is 36.7 Å². The summed E-state index contributed by atoms with van der Waals surface area (Å²) in [5.41, 5.74) is 0. The molecule has 5 unspecified atom stereocenters. The lowest BCUT2D eigenvalue weighted by atomic mass is 10.0. The van der Waals surface area contributed by atoms with E-state index in [1.165, 1.54) is 26.4 Å². The standard InChI is InChI=1S/C13H19NO4/c1-18-5-8(13(16)17)14-12(15)11-9-6-2-3-7(4-6)10(9)11/h6-11H,2-5H2,1H3,(H,14,15)(H,16,17). The summed E-state index contributed by atoms with van der Waals surface area (Å²) in [6, 6.07) is -0.915. The second-order valence-electron chi connectivity index (χ2n) is 5.87. The zero-order chi connectivity index (χ0) is 12.9. The second-order valence-corrected chi connectivity index (χ2v) is 5.87. The van der Waals surface area contributed by atoms with Gasteiger partial charge in [0, 0.05) is 13.0 Å². The highest BCUT2D eigenvalue weighted by atomic mass is 16.5. The monoisotopic (exact) mass is 253 g/mol. The molecule has 18 heavy (non-hydrogen) atoms. The Morgan fingerprint density at radius 1 is 1.33 bits per heavy atom. The van der Waals surface area contributed by atoms with Crippen molar-refractivity contribution in [2.24, 2.45) is 29.6 Å². The van der Waals surface area contributed by atoms with Crippen LogP contribution in [0.3, 0.4) is 0 Å². The van der Waals surface area contributed by atoms with Gasteiger partial charge in [0.15, 0.2) is 6.04 Å². The molecule has 0 aliphatic heterocycles. The van der Waals surface area contributed by atoms with E-state index in [0.29, 0.717) is 11.8 Å². The molecule has 5 heteroatoms. The first-order valence-corrected chi connectivity index (χ1v) is 6.65. The van der Waals surface area contributed by atoms with Crippen molar-refractivity contribution in [3.05, 3.63) is 0 Å². The maximum absolute atomic E-state index is 12.1. The number of carbonyl (C=O) groups is 2. The Morgan fingerprint density at radius 2 is 1.94 bits per heavy atom. The van der Waals surface area contributed by atoms with E-state index in [9.17, 15) is 9.59 Å². The summed E-state index contributed by atoms with van der Waals surface area (Å²) in [6.07, 6.45) is 3.81. The summed E-state index contributed by atoms with van der Waals surface area (Å²) < 4.78 is 4.82. The molecule has 100 valence electrons. The number of ether oxygens (including phenoxy) is 1. The number of amides is 1. The van der Waals surface area contributed by atoms with Crippen LogP contribution in [0.25, 0.3) is 0 Å². The van der Waals surface area contributed by atoms with Crippen LogP contribution in [0.2, 0.25) is 0 Å². The Labute approximate surface area is 106 Å². The molecule has 3 rings (SSSR count). The van der Waals surface area contributed by atoms with E-state index >= 15 is 0 Å². The van der Waals surface area contributed by atoms with E-state index in [0.717, 1.165) is 11.8 Å². The molecule has 1 amide bonds.